The van der Waals surface area contributed by atoms with Crippen LogP contribution in [0.5, 0.6) is 0 Å². The molecule has 2 N–H and O–H groups in total. The zero-order chi connectivity index (χ0) is 21.7. The molecule has 1 aromatic carbocycles. The smallest absolute Gasteiger partial charge is 0.276 e. The molecular weight excluding hydrogens is 430 g/mol. The van der Waals surface area contributed by atoms with Gasteiger partial charge in [0.1, 0.15) is 0 Å². The fourth-order valence-corrected chi connectivity index (χ4v) is 4.52. The maximum Gasteiger partial charge on any atom is 0.276 e. The molecule has 0 bridgehead atoms. The monoisotopic (exact) mass is 453 g/mol. The van der Waals surface area contributed by atoms with E-state index in [-0.39, 0.29) is 28.3 Å². The minimum absolute atomic E-state index is 0.0697. The maximum atomic E-state index is 12.7. The van der Waals surface area contributed by atoms with Gasteiger partial charge in [0.2, 0.25) is 16.0 Å². The molecule has 1 amide bonds. The molecule has 1 fully saturated rings. The van der Waals surface area contributed by atoms with Crippen LogP contribution < -0.4 is 14.9 Å². The molecule has 1 aromatic heterocycles. The van der Waals surface area contributed by atoms with Gasteiger partial charge in [-0.15, -0.1) is 0 Å². The van der Waals surface area contributed by atoms with E-state index in [1.807, 2.05) is 4.90 Å². The second kappa shape index (κ2) is 9.69. The molecule has 1 aliphatic rings. The summed E-state index contributed by atoms with van der Waals surface area (Å²) >= 11 is 6.12. The molecule has 3 rings (SSSR count). The minimum atomic E-state index is -3.69. The third kappa shape index (κ3) is 5.45. The van der Waals surface area contributed by atoms with Crippen LogP contribution in [0, 0.1) is 0 Å². The predicted molar refractivity (Wildman–Crippen MR) is 115 cm³/mol. The van der Waals surface area contributed by atoms with E-state index in [4.69, 9.17) is 16.3 Å². The van der Waals surface area contributed by atoms with Gasteiger partial charge >= 0.3 is 0 Å². The minimum Gasteiger partial charge on any atom is -0.383 e. The molecule has 30 heavy (non-hydrogen) atoms. The molecule has 0 saturated carbocycles. The number of rotatable bonds is 8. The van der Waals surface area contributed by atoms with Crippen molar-refractivity contribution in [1.29, 1.82) is 0 Å². The highest BCUT2D eigenvalue weighted by atomic mass is 35.5. The van der Waals surface area contributed by atoms with Crippen LogP contribution in [0.3, 0.4) is 0 Å². The molecule has 0 aliphatic carbocycles. The lowest BCUT2D eigenvalue weighted by atomic mass is 10.3. The van der Waals surface area contributed by atoms with Gasteiger partial charge in [-0.2, -0.15) is 0 Å². The molecule has 1 aliphatic heterocycles. The number of benzene rings is 1. The Morgan fingerprint density at radius 3 is 2.57 bits per heavy atom. The molecule has 11 heteroatoms. The lowest BCUT2D eigenvalue weighted by Crippen LogP contribution is -2.35. The second-order valence-corrected chi connectivity index (χ2v) is 9.14. The average molecular weight is 454 g/mol. The highest BCUT2D eigenvalue weighted by Gasteiger charge is 2.21. The van der Waals surface area contributed by atoms with Crippen LogP contribution in [-0.4, -0.2) is 57.1 Å². The van der Waals surface area contributed by atoms with Crippen LogP contribution in [0.4, 0.5) is 11.6 Å². The number of aromatic nitrogens is 2. The number of hydrogen-bond donors (Lipinski definition) is 2. The third-order valence-corrected chi connectivity index (χ3v) is 6.41. The summed E-state index contributed by atoms with van der Waals surface area (Å²) in [5.41, 5.74) is 0.488. The first-order valence-electron chi connectivity index (χ1n) is 9.50. The fourth-order valence-electron chi connectivity index (χ4n) is 3.11. The number of sulfonamides is 1. The number of nitrogens with zero attached hydrogens (tertiary/aromatic N) is 3. The van der Waals surface area contributed by atoms with Crippen molar-refractivity contribution in [2.45, 2.75) is 30.7 Å². The molecule has 1 unspecified atom stereocenters. The maximum absolute atomic E-state index is 12.7. The SMILES string of the molecule is COCC(C)NS(=O)(=O)c1ccc(NC(=O)c2nc(N3CCCC3)ncc2Cl)cc1. The largest absolute Gasteiger partial charge is 0.383 e. The number of amides is 1. The standard InChI is InChI=1S/C19H24ClN5O4S/c1-13(12-29-2)24-30(27,28)15-7-5-14(6-8-15)22-18(26)17-16(20)11-21-19(23-17)25-9-3-4-10-25/h5-8,11,13,24H,3-4,9-10,12H2,1-2H3,(H,22,26). The highest BCUT2D eigenvalue weighted by Crippen LogP contribution is 2.21. The lowest BCUT2D eigenvalue weighted by molar-refractivity contribution is 0.102. The molecule has 2 heterocycles. The topological polar surface area (TPSA) is 114 Å². The van der Waals surface area contributed by atoms with E-state index in [2.05, 4.69) is 20.0 Å². The Morgan fingerprint density at radius 2 is 1.93 bits per heavy atom. The van der Waals surface area contributed by atoms with Gasteiger partial charge < -0.3 is 15.0 Å². The Morgan fingerprint density at radius 1 is 1.27 bits per heavy atom. The molecule has 2 aromatic rings. The molecule has 0 radical (unpaired) electrons. The first-order valence-corrected chi connectivity index (χ1v) is 11.4. The van der Waals surface area contributed by atoms with Crippen molar-refractivity contribution in [1.82, 2.24) is 14.7 Å². The van der Waals surface area contributed by atoms with Crippen molar-refractivity contribution in [2.24, 2.45) is 0 Å². The summed E-state index contributed by atoms with van der Waals surface area (Å²) in [4.78, 5) is 23.3. The molecule has 1 atom stereocenters. The summed E-state index contributed by atoms with van der Waals surface area (Å²) in [5.74, 6) is -0.0231. The number of ether oxygens (including phenoxy) is 1. The van der Waals surface area contributed by atoms with Gasteiger partial charge in [-0.25, -0.2) is 23.1 Å². The Balaban J connectivity index is 1.71. The van der Waals surface area contributed by atoms with E-state index >= 15 is 0 Å². The first kappa shape index (κ1) is 22.4. The number of halogens is 1. The van der Waals surface area contributed by atoms with Crippen LogP contribution >= 0.6 is 11.6 Å². The fraction of sp³-hybridized carbons (Fsp3) is 0.421. The Kier molecular flexibility index (Phi) is 7.24. The van der Waals surface area contributed by atoms with E-state index in [1.165, 1.54) is 37.6 Å². The van der Waals surface area contributed by atoms with Crippen molar-refractivity contribution in [3.8, 4) is 0 Å². The predicted octanol–water partition coefficient (Wildman–Crippen LogP) is 2.30. The van der Waals surface area contributed by atoms with Gasteiger partial charge in [-0.05, 0) is 44.0 Å². The van der Waals surface area contributed by atoms with Gasteiger partial charge in [0.25, 0.3) is 5.91 Å². The van der Waals surface area contributed by atoms with Crippen LogP contribution in [0.2, 0.25) is 5.02 Å². The van der Waals surface area contributed by atoms with E-state index in [1.54, 1.807) is 6.92 Å². The number of hydrogen-bond acceptors (Lipinski definition) is 7. The van der Waals surface area contributed by atoms with Crippen molar-refractivity contribution < 1.29 is 17.9 Å². The zero-order valence-electron chi connectivity index (χ0n) is 16.8. The van der Waals surface area contributed by atoms with Crippen molar-refractivity contribution >= 4 is 39.2 Å². The summed E-state index contributed by atoms with van der Waals surface area (Å²) in [6, 6.07) is 5.46. The van der Waals surface area contributed by atoms with Gasteiger partial charge in [-0.3, -0.25) is 4.79 Å². The molecule has 1 saturated heterocycles. The quantitative estimate of drug-likeness (QED) is 0.630. The van der Waals surface area contributed by atoms with Crippen molar-refractivity contribution in [3.05, 3.63) is 41.2 Å². The van der Waals surface area contributed by atoms with Gasteiger partial charge in [0.05, 0.1) is 22.7 Å². The van der Waals surface area contributed by atoms with E-state index < -0.39 is 15.9 Å². The van der Waals surface area contributed by atoms with Crippen LogP contribution in [0.15, 0.2) is 35.4 Å². The summed E-state index contributed by atoms with van der Waals surface area (Å²) in [7, 11) is -2.19. The van der Waals surface area contributed by atoms with E-state index in [0.717, 1.165) is 25.9 Å². The molecular formula is C19H24ClN5O4S. The van der Waals surface area contributed by atoms with Crippen LogP contribution in [-0.2, 0) is 14.8 Å². The number of carbonyl (C=O) groups excluding carboxylic acids is 1. The van der Waals surface area contributed by atoms with Crippen molar-refractivity contribution in [2.75, 3.05) is 37.0 Å². The number of anilines is 2. The van der Waals surface area contributed by atoms with Gasteiger partial charge in [0.15, 0.2) is 5.69 Å². The van der Waals surface area contributed by atoms with Gasteiger partial charge in [-0.1, -0.05) is 11.6 Å². The first-order chi connectivity index (χ1) is 14.3. The highest BCUT2D eigenvalue weighted by molar-refractivity contribution is 7.89. The van der Waals surface area contributed by atoms with Crippen LogP contribution in [0.25, 0.3) is 0 Å². The Labute approximate surface area is 180 Å². The Hall–Kier alpha value is -2.27. The summed E-state index contributed by atoms with van der Waals surface area (Å²) in [6.07, 6.45) is 3.53. The van der Waals surface area contributed by atoms with Gasteiger partial charge in [0, 0.05) is 31.9 Å². The summed E-state index contributed by atoms with van der Waals surface area (Å²) < 4.78 is 32.2. The summed E-state index contributed by atoms with van der Waals surface area (Å²) in [5, 5.41) is 2.83. The number of methoxy groups -OCH3 is 1. The number of nitrogens with one attached hydrogen (secondary N) is 2. The van der Waals surface area contributed by atoms with Crippen LogP contribution in [0.1, 0.15) is 30.3 Å². The second-order valence-electron chi connectivity index (χ2n) is 7.02. The number of carbonyl (C=O) groups is 1. The third-order valence-electron chi connectivity index (χ3n) is 4.53. The normalized spacial score (nSPS) is 15.2. The molecule has 0 spiro atoms. The van der Waals surface area contributed by atoms with Crippen molar-refractivity contribution in [3.63, 3.8) is 0 Å². The molecule has 9 nitrogen and oxygen atoms in total. The zero-order valence-corrected chi connectivity index (χ0v) is 18.3. The average Bonchev–Trinajstić information content (AvgIpc) is 3.23. The Bertz CT molecular complexity index is 994. The van der Waals surface area contributed by atoms with E-state index in [9.17, 15) is 13.2 Å². The van der Waals surface area contributed by atoms with E-state index in [0.29, 0.717) is 11.6 Å². The molecule has 162 valence electrons. The lowest BCUT2D eigenvalue weighted by Gasteiger charge is -2.16. The summed E-state index contributed by atoms with van der Waals surface area (Å²) in [6.45, 7) is 3.65.